The van der Waals surface area contributed by atoms with Crippen LogP contribution in [-0.2, 0) is 28.6 Å². The van der Waals surface area contributed by atoms with Crippen LogP contribution in [0.25, 0.3) is 0 Å². The number of rotatable bonds is 49. The second kappa shape index (κ2) is 54.9. The van der Waals surface area contributed by atoms with Crippen LogP contribution in [0, 0.1) is 0 Å². The van der Waals surface area contributed by atoms with E-state index < -0.39 is 6.10 Å². The second-order valence-corrected chi connectivity index (χ2v) is 18.1. The van der Waals surface area contributed by atoms with Crippen molar-refractivity contribution in [3.05, 3.63) is 97.2 Å². The number of hydrogen-bond donors (Lipinski definition) is 0. The molecule has 0 spiro atoms. The fourth-order valence-electron chi connectivity index (χ4n) is 7.42. The second-order valence-electron chi connectivity index (χ2n) is 18.1. The summed E-state index contributed by atoms with van der Waals surface area (Å²) in [4.78, 5) is 37.8. The van der Waals surface area contributed by atoms with Crippen LogP contribution in [0.5, 0.6) is 0 Å². The molecule has 0 saturated carbocycles. The molecule has 0 aliphatic heterocycles. The minimum atomic E-state index is -0.783. The molecule has 0 N–H and O–H groups in total. The number of esters is 3. The molecule has 6 nitrogen and oxygen atoms in total. The molecule has 0 aromatic heterocycles. The zero-order valence-corrected chi connectivity index (χ0v) is 43.6. The predicted octanol–water partition coefficient (Wildman–Crippen LogP) is 18.5. The number of carbonyl (C=O) groups is 3. The van der Waals surface area contributed by atoms with E-state index in [0.717, 1.165) is 122 Å². The first-order chi connectivity index (χ1) is 33.0. The van der Waals surface area contributed by atoms with Crippen molar-refractivity contribution in [2.45, 2.75) is 258 Å². The third kappa shape index (κ3) is 53.2. The third-order valence-electron chi connectivity index (χ3n) is 11.6. The molecule has 0 rings (SSSR count). The van der Waals surface area contributed by atoms with E-state index in [1.807, 2.05) is 0 Å². The standard InChI is InChI=1S/C61H102O6/c1-4-7-10-13-15-17-19-21-23-25-27-28-29-30-31-32-34-35-37-39-41-43-45-48-51-54-60(63)66-57-58(56-65-59(62)53-50-47-12-9-6-3)67-61(64)55-52-49-46-44-42-40-38-36-33-26-24-22-20-18-16-14-11-8-5-2/h7,10,15-18,21-24,27-28,30-31,34-35,58H,4-6,8-9,11-14,19-20,25-26,29,32-33,36-57H2,1-3H3/b10-7-,17-15-,18-16-,23-21-,24-22-,28-27-,31-30-,35-34-. The van der Waals surface area contributed by atoms with Gasteiger partial charge in [0.1, 0.15) is 13.2 Å². The van der Waals surface area contributed by atoms with E-state index in [9.17, 15) is 14.4 Å². The van der Waals surface area contributed by atoms with Crippen LogP contribution < -0.4 is 0 Å². The van der Waals surface area contributed by atoms with Gasteiger partial charge >= 0.3 is 17.9 Å². The highest BCUT2D eigenvalue weighted by molar-refractivity contribution is 5.71. The highest BCUT2D eigenvalue weighted by Gasteiger charge is 2.19. The van der Waals surface area contributed by atoms with Gasteiger partial charge in [-0.3, -0.25) is 14.4 Å². The number of hydrogen-bond acceptors (Lipinski definition) is 6. The summed E-state index contributed by atoms with van der Waals surface area (Å²) in [5.74, 6) is -0.918. The molecule has 1 unspecified atom stereocenters. The first-order valence-electron chi connectivity index (χ1n) is 27.7. The average molecular weight is 931 g/mol. The number of carbonyl (C=O) groups excluding carboxylic acids is 3. The van der Waals surface area contributed by atoms with Gasteiger partial charge < -0.3 is 14.2 Å². The van der Waals surface area contributed by atoms with E-state index in [1.54, 1.807) is 0 Å². The average Bonchev–Trinajstić information content (AvgIpc) is 3.33. The van der Waals surface area contributed by atoms with Crippen LogP contribution in [0.2, 0.25) is 0 Å². The maximum absolute atomic E-state index is 12.8. The van der Waals surface area contributed by atoms with Gasteiger partial charge in [-0.1, -0.05) is 227 Å². The quantitative estimate of drug-likeness (QED) is 0.0262. The zero-order valence-electron chi connectivity index (χ0n) is 43.6. The van der Waals surface area contributed by atoms with E-state index in [-0.39, 0.29) is 31.1 Å². The zero-order chi connectivity index (χ0) is 48.6. The van der Waals surface area contributed by atoms with E-state index in [0.29, 0.717) is 19.3 Å². The fraction of sp³-hybridized carbons (Fsp3) is 0.689. The molecule has 0 aliphatic carbocycles. The van der Waals surface area contributed by atoms with Crippen LogP contribution in [0.15, 0.2) is 97.2 Å². The minimum absolute atomic E-state index is 0.0851. The Labute approximate surface area is 413 Å². The fourth-order valence-corrected chi connectivity index (χ4v) is 7.42. The molecule has 382 valence electrons. The summed E-state index contributed by atoms with van der Waals surface area (Å²) in [6.45, 7) is 6.40. The molecule has 0 heterocycles. The van der Waals surface area contributed by atoms with Crippen molar-refractivity contribution in [2.24, 2.45) is 0 Å². The van der Waals surface area contributed by atoms with E-state index in [2.05, 4.69) is 118 Å². The lowest BCUT2D eigenvalue weighted by atomic mass is 10.1. The van der Waals surface area contributed by atoms with Gasteiger partial charge in [0.25, 0.3) is 0 Å². The Balaban J connectivity index is 4.17. The Bertz CT molecular complexity index is 1350. The summed E-state index contributed by atoms with van der Waals surface area (Å²) in [5, 5.41) is 0. The van der Waals surface area contributed by atoms with Gasteiger partial charge in [0.05, 0.1) is 0 Å². The van der Waals surface area contributed by atoms with Gasteiger partial charge in [-0.2, -0.15) is 0 Å². The lowest BCUT2D eigenvalue weighted by Gasteiger charge is -2.18. The summed E-state index contributed by atoms with van der Waals surface area (Å²) < 4.78 is 16.7. The SMILES string of the molecule is CC/C=C\C/C=C\C/C=C\C/C=C\C/C=C\C/C=C\CCCCCCCCC(=O)OCC(COC(=O)CCCCCCC)OC(=O)CCCCCCCCCCC/C=C\C/C=C\CCCCC. The van der Waals surface area contributed by atoms with Crippen molar-refractivity contribution in [3.8, 4) is 0 Å². The summed E-state index contributed by atoms with van der Waals surface area (Å²) in [6, 6.07) is 0. The highest BCUT2D eigenvalue weighted by Crippen LogP contribution is 2.14. The molecule has 0 bridgehead atoms. The Morgan fingerprint density at radius 2 is 0.582 bits per heavy atom. The lowest BCUT2D eigenvalue weighted by Crippen LogP contribution is -2.30. The molecule has 67 heavy (non-hydrogen) atoms. The summed E-state index contributed by atoms with van der Waals surface area (Å²) in [6.07, 6.45) is 72.9. The van der Waals surface area contributed by atoms with Crippen LogP contribution in [-0.4, -0.2) is 37.2 Å². The first-order valence-corrected chi connectivity index (χ1v) is 27.7. The van der Waals surface area contributed by atoms with Crippen molar-refractivity contribution >= 4 is 17.9 Å². The van der Waals surface area contributed by atoms with Crippen LogP contribution in [0.1, 0.15) is 252 Å². The minimum Gasteiger partial charge on any atom is -0.462 e. The lowest BCUT2D eigenvalue weighted by molar-refractivity contribution is -0.167. The Morgan fingerprint density at radius 1 is 0.313 bits per heavy atom. The van der Waals surface area contributed by atoms with Crippen LogP contribution in [0.4, 0.5) is 0 Å². The smallest absolute Gasteiger partial charge is 0.306 e. The van der Waals surface area contributed by atoms with Gasteiger partial charge in [-0.15, -0.1) is 0 Å². The van der Waals surface area contributed by atoms with Gasteiger partial charge in [-0.25, -0.2) is 0 Å². The largest absolute Gasteiger partial charge is 0.462 e. The predicted molar refractivity (Wildman–Crippen MR) is 288 cm³/mol. The Kier molecular flexibility index (Phi) is 51.9. The maximum atomic E-state index is 12.8. The van der Waals surface area contributed by atoms with Gasteiger partial charge in [-0.05, 0) is 103 Å². The molecule has 0 aromatic carbocycles. The van der Waals surface area contributed by atoms with Crippen molar-refractivity contribution < 1.29 is 28.6 Å². The molecule has 0 radical (unpaired) electrons. The number of ether oxygens (including phenoxy) is 3. The Hall–Kier alpha value is -3.67. The molecule has 1 atom stereocenters. The Morgan fingerprint density at radius 3 is 0.940 bits per heavy atom. The molecule has 0 aromatic rings. The van der Waals surface area contributed by atoms with E-state index in [1.165, 1.54) is 89.9 Å². The van der Waals surface area contributed by atoms with Crippen molar-refractivity contribution in [3.63, 3.8) is 0 Å². The number of unbranched alkanes of at least 4 members (excludes halogenated alkanes) is 22. The van der Waals surface area contributed by atoms with Gasteiger partial charge in [0.2, 0.25) is 0 Å². The van der Waals surface area contributed by atoms with E-state index in [4.69, 9.17) is 14.2 Å². The first kappa shape index (κ1) is 63.3. The molecular formula is C61H102O6. The van der Waals surface area contributed by atoms with Crippen molar-refractivity contribution in [1.82, 2.24) is 0 Å². The monoisotopic (exact) mass is 931 g/mol. The summed E-state index contributed by atoms with van der Waals surface area (Å²) in [5.41, 5.74) is 0. The molecule has 0 fully saturated rings. The van der Waals surface area contributed by atoms with Gasteiger partial charge in [0.15, 0.2) is 6.10 Å². The van der Waals surface area contributed by atoms with Crippen molar-refractivity contribution in [2.75, 3.05) is 13.2 Å². The number of allylic oxidation sites excluding steroid dienone is 16. The molecule has 0 amide bonds. The highest BCUT2D eigenvalue weighted by atomic mass is 16.6. The third-order valence-corrected chi connectivity index (χ3v) is 11.6. The van der Waals surface area contributed by atoms with Crippen LogP contribution in [0.3, 0.4) is 0 Å². The topological polar surface area (TPSA) is 78.9 Å². The normalized spacial score (nSPS) is 12.8. The van der Waals surface area contributed by atoms with E-state index >= 15 is 0 Å². The molecular weight excluding hydrogens is 829 g/mol. The van der Waals surface area contributed by atoms with Crippen molar-refractivity contribution in [1.29, 1.82) is 0 Å². The maximum Gasteiger partial charge on any atom is 0.306 e. The molecule has 0 aliphatic rings. The summed E-state index contributed by atoms with van der Waals surface area (Å²) in [7, 11) is 0. The van der Waals surface area contributed by atoms with Crippen LogP contribution >= 0.6 is 0 Å². The summed E-state index contributed by atoms with van der Waals surface area (Å²) >= 11 is 0. The molecule has 6 heteroatoms. The van der Waals surface area contributed by atoms with Gasteiger partial charge in [0, 0.05) is 19.3 Å². The molecule has 0 saturated heterocycles.